The standard InChI is InChI=1S/C10H13F4N3O2S/c1-2-15-8-4-3-7(5-16-8)20(18,19)17-6-10(13,14)9(11)12/h3-5,9,17H,2,6H2,1H3,(H,15,16). The first-order chi connectivity index (χ1) is 9.19. The molecule has 0 saturated carbocycles. The third-order valence-corrected chi connectivity index (χ3v) is 3.61. The molecule has 1 aromatic heterocycles. The van der Waals surface area contributed by atoms with Crippen LogP contribution in [0.25, 0.3) is 0 Å². The van der Waals surface area contributed by atoms with E-state index in [0.29, 0.717) is 12.4 Å². The van der Waals surface area contributed by atoms with Gasteiger partial charge in [0.2, 0.25) is 10.0 Å². The number of alkyl halides is 4. The third kappa shape index (κ3) is 4.30. The average Bonchev–Trinajstić information content (AvgIpc) is 2.38. The van der Waals surface area contributed by atoms with Gasteiger partial charge in [0, 0.05) is 12.7 Å². The molecule has 0 unspecified atom stereocenters. The van der Waals surface area contributed by atoms with E-state index in [1.54, 1.807) is 6.92 Å². The molecule has 1 rings (SSSR count). The maximum atomic E-state index is 12.7. The molecule has 0 aromatic carbocycles. The minimum absolute atomic E-state index is 0.385. The number of aromatic nitrogens is 1. The summed E-state index contributed by atoms with van der Waals surface area (Å²) in [6.45, 7) is 0.695. The van der Waals surface area contributed by atoms with E-state index in [1.807, 2.05) is 0 Å². The lowest BCUT2D eigenvalue weighted by Gasteiger charge is -2.15. The number of nitrogens with one attached hydrogen (secondary N) is 2. The van der Waals surface area contributed by atoms with Crippen molar-refractivity contribution in [3.8, 4) is 0 Å². The Kier molecular flexibility index (Phi) is 5.28. The minimum atomic E-state index is -4.43. The fraction of sp³-hybridized carbons (Fsp3) is 0.500. The van der Waals surface area contributed by atoms with Gasteiger partial charge in [-0.2, -0.15) is 8.78 Å². The van der Waals surface area contributed by atoms with Gasteiger partial charge in [-0.3, -0.25) is 0 Å². The lowest BCUT2D eigenvalue weighted by atomic mass is 10.4. The van der Waals surface area contributed by atoms with Crippen LogP contribution in [0.3, 0.4) is 0 Å². The van der Waals surface area contributed by atoms with E-state index in [-0.39, 0.29) is 4.90 Å². The zero-order chi connectivity index (χ0) is 15.4. The van der Waals surface area contributed by atoms with Crippen LogP contribution in [0.2, 0.25) is 0 Å². The Bertz CT molecular complexity index is 534. The van der Waals surface area contributed by atoms with Gasteiger partial charge in [-0.1, -0.05) is 0 Å². The van der Waals surface area contributed by atoms with Gasteiger partial charge >= 0.3 is 12.3 Å². The molecule has 0 amide bonds. The lowest BCUT2D eigenvalue weighted by Crippen LogP contribution is -2.41. The molecule has 0 atom stereocenters. The molecule has 5 nitrogen and oxygen atoms in total. The van der Waals surface area contributed by atoms with Gasteiger partial charge < -0.3 is 5.32 Å². The van der Waals surface area contributed by atoms with Gasteiger partial charge in [-0.05, 0) is 19.1 Å². The predicted molar refractivity (Wildman–Crippen MR) is 64.5 cm³/mol. The Morgan fingerprint density at radius 2 is 2.00 bits per heavy atom. The first-order valence-electron chi connectivity index (χ1n) is 5.54. The lowest BCUT2D eigenvalue weighted by molar-refractivity contribution is -0.122. The molecular formula is C10H13F4N3O2S. The van der Waals surface area contributed by atoms with Gasteiger partial charge in [-0.15, -0.1) is 0 Å². The largest absolute Gasteiger partial charge is 0.370 e. The summed E-state index contributed by atoms with van der Waals surface area (Å²) in [5, 5.41) is 2.81. The molecule has 0 fully saturated rings. The molecule has 2 N–H and O–H groups in total. The number of halogens is 4. The number of rotatable bonds is 7. The molecule has 10 heteroatoms. The van der Waals surface area contributed by atoms with E-state index in [9.17, 15) is 26.0 Å². The summed E-state index contributed by atoms with van der Waals surface area (Å²) in [6.07, 6.45) is -3.00. The normalized spacial score (nSPS) is 12.7. The van der Waals surface area contributed by atoms with Crippen molar-refractivity contribution in [1.82, 2.24) is 9.71 Å². The second-order valence-corrected chi connectivity index (χ2v) is 5.56. The van der Waals surface area contributed by atoms with Crippen molar-refractivity contribution in [3.05, 3.63) is 18.3 Å². The summed E-state index contributed by atoms with van der Waals surface area (Å²) in [7, 11) is -4.31. The maximum absolute atomic E-state index is 12.7. The van der Waals surface area contributed by atoms with Crippen LogP contribution in [0, 0.1) is 0 Å². The van der Waals surface area contributed by atoms with Crippen LogP contribution in [-0.2, 0) is 10.0 Å². The summed E-state index contributed by atoms with van der Waals surface area (Å²) in [5.41, 5.74) is 0. The monoisotopic (exact) mass is 315 g/mol. The second-order valence-electron chi connectivity index (χ2n) is 3.80. The highest BCUT2D eigenvalue weighted by atomic mass is 32.2. The first-order valence-corrected chi connectivity index (χ1v) is 7.03. The molecule has 20 heavy (non-hydrogen) atoms. The first kappa shape index (κ1) is 16.6. The molecule has 0 aliphatic rings. The van der Waals surface area contributed by atoms with Crippen LogP contribution in [0.5, 0.6) is 0 Å². The Balaban J connectivity index is 2.79. The van der Waals surface area contributed by atoms with Crippen LogP contribution < -0.4 is 10.0 Å². The number of sulfonamides is 1. The average molecular weight is 315 g/mol. The van der Waals surface area contributed by atoms with E-state index in [1.165, 1.54) is 10.8 Å². The SMILES string of the molecule is CCNc1ccc(S(=O)(=O)NCC(F)(F)C(F)F)cn1. The summed E-state index contributed by atoms with van der Waals surface area (Å²) in [4.78, 5) is 3.36. The highest BCUT2D eigenvalue weighted by Crippen LogP contribution is 2.22. The van der Waals surface area contributed by atoms with Crippen molar-refractivity contribution in [1.29, 1.82) is 0 Å². The van der Waals surface area contributed by atoms with Gasteiger partial charge in [0.25, 0.3) is 0 Å². The molecular weight excluding hydrogens is 302 g/mol. The smallest absolute Gasteiger partial charge is 0.320 e. The van der Waals surface area contributed by atoms with Crippen LogP contribution in [0.15, 0.2) is 23.2 Å². The van der Waals surface area contributed by atoms with Crippen molar-refractivity contribution >= 4 is 15.8 Å². The fourth-order valence-corrected chi connectivity index (χ4v) is 2.16. The second kappa shape index (κ2) is 6.35. The van der Waals surface area contributed by atoms with E-state index >= 15 is 0 Å². The van der Waals surface area contributed by atoms with Crippen molar-refractivity contribution in [2.24, 2.45) is 0 Å². The zero-order valence-electron chi connectivity index (χ0n) is 10.4. The molecule has 0 aliphatic heterocycles. The predicted octanol–water partition coefficient (Wildman–Crippen LogP) is 1.69. The molecule has 114 valence electrons. The number of pyridine rings is 1. The van der Waals surface area contributed by atoms with Gasteiger partial charge in [0.05, 0.1) is 6.54 Å². The minimum Gasteiger partial charge on any atom is -0.370 e. The zero-order valence-corrected chi connectivity index (χ0v) is 11.2. The van der Waals surface area contributed by atoms with Gasteiger partial charge in [-0.25, -0.2) is 26.9 Å². The number of hydrogen-bond acceptors (Lipinski definition) is 4. The van der Waals surface area contributed by atoms with Crippen LogP contribution >= 0.6 is 0 Å². The Morgan fingerprint density at radius 3 is 2.45 bits per heavy atom. The number of nitrogens with zero attached hydrogens (tertiary/aromatic N) is 1. The highest BCUT2D eigenvalue weighted by Gasteiger charge is 2.41. The third-order valence-electron chi connectivity index (χ3n) is 2.22. The Morgan fingerprint density at radius 1 is 1.35 bits per heavy atom. The molecule has 0 bridgehead atoms. The fourth-order valence-electron chi connectivity index (χ4n) is 1.18. The van der Waals surface area contributed by atoms with E-state index in [4.69, 9.17) is 0 Å². The molecule has 1 heterocycles. The molecule has 1 aromatic rings. The molecule has 0 radical (unpaired) electrons. The van der Waals surface area contributed by atoms with Crippen LogP contribution in [0.1, 0.15) is 6.92 Å². The van der Waals surface area contributed by atoms with E-state index in [0.717, 1.165) is 12.3 Å². The van der Waals surface area contributed by atoms with Gasteiger partial charge in [0.1, 0.15) is 10.7 Å². The number of anilines is 1. The summed E-state index contributed by atoms with van der Waals surface area (Å²) >= 11 is 0. The van der Waals surface area contributed by atoms with Crippen molar-refractivity contribution in [3.63, 3.8) is 0 Å². The number of hydrogen-bond donors (Lipinski definition) is 2. The summed E-state index contributed by atoms with van der Waals surface area (Å²) in [5.74, 6) is -4.02. The van der Waals surface area contributed by atoms with Crippen molar-refractivity contribution < 1.29 is 26.0 Å². The quantitative estimate of drug-likeness (QED) is 0.751. The Hall–Kier alpha value is -1.42. The maximum Gasteiger partial charge on any atom is 0.320 e. The van der Waals surface area contributed by atoms with Gasteiger partial charge in [0.15, 0.2) is 0 Å². The van der Waals surface area contributed by atoms with E-state index < -0.39 is 28.9 Å². The van der Waals surface area contributed by atoms with Crippen LogP contribution in [-0.4, -0.2) is 38.8 Å². The van der Waals surface area contributed by atoms with E-state index in [2.05, 4.69) is 10.3 Å². The molecule has 0 aliphatic carbocycles. The molecule has 0 spiro atoms. The summed E-state index contributed by atoms with van der Waals surface area (Å²) < 4.78 is 73.8. The Labute approximate surface area is 113 Å². The highest BCUT2D eigenvalue weighted by molar-refractivity contribution is 7.89. The van der Waals surface area contributed by atoms with Crippen molar-refractivity contribution in [2.75, 3.05) is 18.4 Å². The van der Waals surface area contributed by atoms with Crippen LogP contribution in [0.4, 0.5) is 23.4 Å². The topological polar surface area (TPSA) is 71.1 Å². The summed E-state index contributed by atoms with van der Waals surface area (Å²) in [6, 6.07) is 2.47. The van der Waals surface area contributed by atoms with Crippen molar-refractivity contribution in [2.45, 2.75) is 24.2 Å². The molecule has 0 saturated heterocycles.